The van der Waals surface area contributed by atoms with Crippen molar-refractivity contribution in [3.8, 4) is 0 Å². The van der Waals surface area contributed by atoms with Gasteiger partial charge in [0, 0.05) is 6.42 Å². The zero-order valence-corrected chi connectivity index (χ0v) is 14.4. The van der Waals surface area contributed by atoms with Crippen LogP contribution in [0.5, 0.6) is 0 Å². The lowest BCUT2D eigenvalue weighted by Gasteiger charge is -2.07. The van der Waals surface area contributed by atoms with E-state index < -0.39 is 5.97 Å². The van der Waals surface area contributed by atoms with Gasteiger partial charge in [0.15, 0.2) is 0 Å². The van der Waals surface area contributed by atoms with Crippen LogP contribution >= 0.6 is 0 Å². The average Bonchev–Trinajstić information content (AvgIpc) is 2.49. The molecule has 0 fully saturated rings. The predicted molar refractivity (Wildman–Crippen MR) is 93.1 cm³/mol. The van der Waals surface area contributed by atoms with E-state index in [-0.39, 0.29) is 6.10 Å². The second-order valence-electron chi connectivity index (χ2n) is 6.26. The number of unbranched alkanes of at least 4 members (excludes halogenated alkanes) is 9. The lowest BCUT2D eigenvalue weighted by Crippen LogP contribution is -2.04. The van der Waals surface area contributed by atoms with Gasteiger partial charge in [-0.15, -0.1) is 0 Å². The third kappa shape index (κ3) is 17.2. The van der Waals surface area contributed by atoms with Gasteiger partial charge in [-0.3, -0.25) is 4.79 Å². The molecule has 0 rings (SSSR count). The van der Waals surface area contributed by atoms with E-state index in [1.165, 1.54) is 38.5 Å². The minimum Gasteiger partial charge on any atom is -0.481 e. The Kier molecular flexibility index (Phi) is 15.9. The van der Waals surface area contributed by atoms with Crippen LogP contribution in [0.3, 0.4) is 0 Å². The first kappa shape index (κ1) is 21.2. The summed E-state index contributed by atoms with van der Waals surface area (Å²) in [4.78, 5) is 10.3. The number of hydrogen-bond acceptors (Lipinski definition) is 2. The van der Waals surface area contributed by atoms with Crippen LogP contribution in [-0.2, 0) is 4.79 Å². The van der Waals surface area contributed by atoms with E-state index >= 15 is 0 Å². The third-order valence-corrected chi connectivity index (χ3v) is 3.98. The Balaban J connectivity index is 3.24. The molecule has 0 aliphatic carbocycles. The van der Waals surface area contributed by atoms with Gasteiger partial charge in [0.2, 0.25) is 0 Å². The maximum Gasteiger partial charge on any atom is 0.303 e. The minimum absolute atomic E-state index is 0.164. The first-order valence-electron chi connectivity index (χ1n) is 9.21. The van der Waals surface area contributed by atoms with Crippen LogP contribution in [0.1, 0.15) is 96.8 Å². The third-order valence-electron chi connectivity index (χ3n) is 3.98. The first-order valence-corrected chi connectivity index (χ1v) is 9.21. The fraction of sp³-hybridized carbons (Fsp3) is 0.842. The molecule has 1 unspecified atom stereocenters. The summed E-state index contributed by atoms with van der Waals surface area (Å²) < 4.78 is 0. The van der Waals surface area contributed by atoms with Crippen molar-refractivity contribution >= 4 is 5.97 Å². The van der Waals surface area contributed by atoms with Crippen LogP contribution in [0.4, 0.5) is 0 Å². The SMILES string of the molecule is CCCCCCC(O)C/C=C\CCCCCCCCC(=O)O. The predicted octanol–water partition coefficient (Wildman–Crippen LogP) is 5.47. The fourth-order valence-corrected chi connectivity index (χ4v) is 2.54. The summed E-state index contributed by atoms with van der Waals surface area (Å²) in [6.45, 7) is 2.20. The van der Waals surface area contributed by atoms with Gasteiger partial charge in [-0.25, -0.2) is 0 Å². The minimum atomic E-state index is -0.683. The molecule has 0 saturated carbocycles. The Morgan fingerprint density at radius 3 is 2.23 bits per heavy atom. The first-order chi connectivity index (χ1) is 10.7. The smallest absolute Gasteiger partial charge is 0.303 e. The number of carbonyl (C=O) groups is 1. The summed E-state index contributed by atoms with van der Waals surface area (Å²) in [5.74, 6) is -0.683. The highest BCUT2D eigenvalue weighted by molar-refractivity contribution is 5.66. The monoisotopic (exact) mass is 312 g/mol. The molecule has 0 saturated heterocycles. The van der Waals surface area contributed by atoms with E-state index in [4.69, 9.17) is 5.11 Å². The zero-order valence-electron chi connectivity index (χ0n) is 14.4. The summed E-state index contributed by atoms with van der Waals surface area (Å²) in [7, 11) is 0. The van der Waals surface area contributed by atoms with Crippen molar-refractivity contribution in [2.75, 3.05) is 0 Å². The Morgan fingerprint density at radius 1 is 0.909 bits per heavy atom. The number of carboxylic acids is 1. The van der Waals surface area contributed by atoms with Gasteiger partial charge in [0.25, 0.3) is 0 Å². The molecule has 3 nitrogen and oxygen atoms in total. The maximum absolute atomic E-state index is 10.3. The molecule has 1 atom stereocenters. The number of allylic oxidation sites excluding steroid dienone is 1. The largest absolute Gasteiger partial charge is 0.481 e. The number of hydrogen-bond donors (Lipinski definition) is 2. The quantitative estimate of drug-likeness (QED) is 0.293. The van der Waals surface area contributed by atoms with Crippen LogP contribution in [0.2, 0.25) is 0 Å². The van der Waals surface area contributed by atoms with Crippen LogP contribution in [-0.4, -0.2) is 22.3 Å². The number of aliphatic hydroxyl groups is 1. The highest BCUT2D eigenvalue weighted by Crippen LogP contribution is 2.11. The lowest BCUT2D eigenvalue weighted by atomic mass is 10.1. The molecule has 22 heavy (non-hydrogen) atoms. The van der Waals surface area contributed by atoms with Crippen molar-refractivity contribution < 1.29 is 15.0 Å². The second kappa shape index (κ2) is 16.5. The Labute approximate surface area is 136 Å². The summed E-state index contributed by atoms with van der Waals surface area (Å²) >= 11 is 0. The molecule has 130 valence electrons. The highest BCUT2D eigenvalue weighted by atomic mass is 16.4. The van der Waals surface area contributed by atoms with Gasteiger partial charge in [-0.2, -0.15) is 0 Å². The Hall–Kier alpha value is -0.830. The number of carboxylic acid groups (broad SMARTS) is 1. The zero-order chi connectivity index (χ0) is 16.5. The van der Waals surface area contributed by atoms with E-state index in [9.17, 15) is 9.90 Å². The molecule has 2 N–H and O–H groups in total. The van der Waals surface area contributed by atoms with Crippen molar-refractivity contribution in [1.82, 2.24) is 0 Å². The van der Waals surface area contributed by atoms with Crippen LogP contribution in [0.25, 0.3) is 0 Å². The van der Waals surface area contributed by atoms with E-state index in [0.717, 1.165) is 44.9 Å². The van der Waals surface area contributed by atoms with Gasteiger partial charge in [0.1, 0.15) is 0 Å². The molecular weight excluding hydrogens is 276 g/mol. The molecule has 0 radical (unpaired) electrons. The van der Waals surface area contributed by atoms with Gasteiger partial charge < -0.3 is 10.2 Å². The molecule has 0 aliphatic heterocycles. The van der Waals surface area contributed by atoms with Gasteiger partial charge >= 0.3 is 5.97 Å². The molecule has 0 amide bonds. The van der Waals surface area contributed by atoms with Crippen molar-refractivity contribution in [2.24, 2.45) is 0 Å². The molecular formula is C19H36O3. The molecule has 0 aromatic rings. The van der Waals surface area contributed by atoms with Gasteiger partial charge in [-0.1, -0.05) is 70.4 Å². The standard InChI is InChI=1S/C19H36O3/c1-2-3-4-12-15-18(20)16-13-10-8-6-5-7-9-11-14-17-19(21)22/h10,13,18,20H,2-9,11-12,14-17H2,1H3,(H,21,22)/b13-10-. The lowest BCUT2D eigenvalue weighted by molar-refractivity contribution is -0.137. The van der Waals surface area contributed by atoms with Crippen LogP contribution < -0.4 is 0 Å². The Bertz CT molecular complexity index is 274. The molecule has 0 aromatic carbocycles. The van der Waals surface area contributed by atoms with E-state index in [0.29, 0.717) is 6.42 Å². The molecule has 0 bridgehead atoms. The molecule has 0 aromatic heterocycles. The fourth-order valence-electron chi connectivity index (χ4n) is 2.54. The summed E-state index contributed by atoms with van der Waals surface area (Å²) in [6, 6.07) is 0. The van der Waals surface area contributed by atoms with E-state index in [2.05, 4.69) is 19.1 Å². The van der Waals surface area contributed by atoms with Crippen molar-refractivity contribution in [3.63, 3.8) is 0 Å². The van der Waals surface area contributed by atoms with E-state index in [1.54, 1.807) is 0 Å². The van der Waals surface area contributed by atoms with Gasteiger partial charge in [0.05, 0.1) is 6.10 Å². The number of rotatable bonds is 16. The highest BCUT2D eigenvalue weighted by Gasteiger charge is 2.00. The van der Waals surface area contributed by atoms with Crippen molar-refractivity contribution in [2.45, 2.75) is 103 Å². The van der Waals surface area contributed by atoms with Crippen molar-refractivity contribution in [1.29, 1.82) is 0 Å². The van der Waals surface area contributed by atoms with Crippen LogP contribution in [0, 0.1) is 0 Å². The topological polar surface area (TPSA) is 57.5 Å². The summed E-state index contributed by atoms with van der Waals surface area (Å²) in [5.41, 5.74) is 0. The van der Waals surface area contributed by atoms with Gasteiger partial charge in [-0.05, 0) is 32.1 Å². The molecule has 0 heterocycles. The molecule has 0 spiro atoms. The number of aliphatic carboxylic acids is 1. The molecule has 0 aliphatic rings. The normalized spacial score (nSPS) is 12.8. The Morgan fingerprint density at radius 2 is 1.55 bits per heavy atom. The maximum atomic E-state index is 10.3. The summed E-state index contributed by atoms with van der Waals surface area (Å²) in [5, 5.41) is 18.3. The summed E-state index contributed by atoms with van der Waals surface area (Å²) in [6.07, 6.45) is 18.8. The van der Waals surface area contributed by atoms with E-state index in [1.807, 2.05) is 0 Å². The van der Waals surface area contributed by atoms with Crippen LogP contribution in [0.15, 0.2) is 12.2 Å². The molecule has 3 heteroatoms. The second-order valence-corrected chi connectivity index (χ2v) is 6.26. The average molecular weight is 312 g/mol. The van der Waals surface area contributed by atoms with Crippen molar-refractivity contribution in [3.05, 3.63) is 12.2 Å². The number of aliphatic hydroxyl groups excluding tert-OH is 1.